The fraction of sp³-hybridized carbons (Fsp3) is 0.267. The number of nitrogens with one attached hydrogen (secondary N) is 2. The Morgan fingerprint density at radius 2 is 1.96 bits per heavy atom. The summed E-state index contributed by atoms with van der Waals surface area (Å²) in [6.07, 6.45) is 2.03. The van der Waals surface area contributed by atoms with Gasteiger partial charge < -0.3 is 10.6 Å². The van der Waals surface area contributed by atoms with Gasteiger partial charge in [0.1, 0.15) is 11.6 Å². The lowest BCUT2D eigenvalue weighted by Gasteiger charge is -2.07. The molecule has 0 aromatic carbocycles. The zero-order valence-corrected chi connectivity index (χ0v) is 12.9. The summed E-state index contributed by atoms with van der Waals surface area (Å²) in [7, 11) is 0. The lowest BCUT2D eigenvalue weighted by molar-refractivity contribution is -0.116. The van der Waals surface area contributed by atoms with Crippen LogP contribution in [0.2, 0.25) is 0 Å². The van der Waals surface area contributed by atoms with Crippen LogP contribution in [0.4, 0.5) is 11.6 Å². The molecule has 3 heterocycles. The van der Waals surface area contributed by atoms with E-state index in [0.29, 0.717) is 36.1 Å². The molecule has 0 atom stereocenters. The maximum Gasteiger partial charge on any atom is 0.227 e. The van der Waals surface area contributed by atoms with E-state index < -0.39 is 0 Å². The molecule has 118 valence electrons. The number of nitrogens with zero attached hydrogens (tertiary/aromatic N) is 5. The molecule has 8 heteroatoms. The molecule has 0 unspecified atom stereocenters. The van der Waals surface area contributed by atoms with Crippen molar-refractivity contribution in [2.45, 2.75) is 20.3 Å². The predicted molar refractivity (Wildman–Crippen MR) is 86.2 cm³/mol. The first-order valence-corrected chi connectivity index (χ1v) is 7.27. The Kier molecular flexibility index (Phi) is 4.13. The number of rotatable bonds is 5. The summed E-state index contributed by atoms with van der Waals surface area (Å²) in [6.45, 7) is 4.25. The average Bonchev–Trinajstić information content (AvgIpc) is 2.91. The van der Waals surface area contributed by atoms with Crippen LogP contribution in [0.25, 0.3) is 5.65 Å². The second kappa shape index (κ2) is 6.39. The van der Waals surface area contributed by atoms with Crippen LogP contribution in [0, 0.1) is 13.8 Å². The van der Waals surface area contributed by atoms with E-state index in [4.69, 9.17) is 0 Å². The van der Waals surface area contributed by atoms with Crippen LogP contribution in [0.1, 0.15) is 17.8 Å². The number of hydrogen-bond acceptors (Lipinski definition) is 6. The quantitative estimate of drug-likeness (QED) is 0.742. The van der Waals surface area contributed by atoms with Gasteiger partial charge in [0, 0.05) is 19.2 Å². The highest BCUT2D eigenvalue weighted by molar-refractivity contribution is 5.89. The Hall–Kier alpha value is -3.03. The van der Waals surface area contributed by atoms with Gasteiger partial charge in [-0.3, -0.25) is 4.79 Å². The maximum atomic E-state index is 11.9. The van der Waals surface area contributed by atoms with Gasteiger partial charge in [-0.05, 0) is 37.6 Å². The van der Waals surface area contributed by atoms with Gasteiger partial charge in [0.05, 0.1) is 0 Å². The van der Waals surface area contributed by atoms with Crippen LogP contribution in [0.15, 0.2) is 30.5 Å². The van der Waals surface area contributed by atoms with Crippen LogP contribution in [-0.2, 0) is 4.79 Å². The smallest absolute Gasteiger partial charge is 0.227 e. The first-order chi connectivity index (χ1) is 11.1. The summed E-state index contributed by atoms with van der Waals surface area (Å²) < 4.78 is 1.65. The van der Waals surface area contributed by atoms with Crippen LogP contribution in [0.3, 0.4) is 0 Å². The number of fused-ring (bicyclic) bond motifs is 1. The number of pyridine rings is 1. The van der Waals surface area contributed by atoms with E-state index in [0.717, 1.165) is 5.56 Å². The fourth-order valence-electron chi connectivity index (χ4n) is 2.04. The van der Waals surface area contributed by atoms with Gasteiger partial charge in [0.25, 0.3) is 0 Å². The number of carbonyl (C=O) groups excluding carboxylic acids is 1. The molecule has 0 saturated carbocycles. The number of hydrogen-bond donors (Lipinski definition) is 2. The van der Waals surface area contributed by atoms with Crippen molar-refractivity contribution in [3.05, 3.63) is 41.9 Å². The van der Waals surface area contributed by atoms with Crippen LogP contribution in [-0.4, -0.2) is 37.2 Å². The van der Waals surface area contributed by atoms with Gasteiger partial charge in [-0.15, -0.1) is 15.3 Å². The minimum Gasteiger partial charge on any atom is -0.368 e. The third kappa shape index (κ3) is 3.60. The molecule has 0 aliphatic heterocycles. The summed E-state index contributed by atoms with van der Waals surface area (Å²) in [5.74, 6) is 1.84. The molecular weight excluding hydrogens is 294 g/mol. The molecule has 1 amide bonds. The monoisotopic (exact) mass is 311 g/mol. The predicted octanol–water partition coefficient (Wildman–Crippen LogP) is 1.58. The van der Waals surface area contributed by atoms with Crippen molar-refractivity contribution in [1.29, 1.82) is 0 Å². The van der Waals surface area contributed by atoms with Gasteiger partial charge in [-0.2, -0.15) is 4.52 Å². The highest BCUT2D eigenvalue weighted by Crippen LogP contribution is 2.07. The van der Waals surface area contributed by atoms with Crippen molar-refractivity contribution < 1.29 is 4.79 Å². The van der Waals surface area contributed by atoms with Gasteiger partial charge in [-0.25, -0.2) is 4.98 Å². The van der Waals surface area contributed by atoms with Crippen molar-refractivity contribution in [3.63, 3.8) is 0 Å². The third-order valence-corrected chi connectivity index (χ3v) is 3.26. The van der Waals surface area contributed by atoms with Gasteiger partial charge in [0.15, 0.2) is 11.5 Å². The van der Waals surface area contributed by atoms with E-state index in [2.05, 4.69) is 30.9 Å². The van der Waals surface area contributed by atoms with E-state index in [1.807, 2.05) is 32.0 Å². The Labute approximate surface area is 133 Å². The number of amides is 1. The van der Waals surface area contributed by atoms with Gasteiger partial charge >= 0.3 is 0 Å². The van der Waals surface area contributed by atoms with E-state index in [1.165, 1.54) is 0 Å². The van der Waals surface area contributed by atoms with Gasteiger partial charge in [0.2, 0.25) is 5.91 Å². The first kappa shape index (κ1) is 14.9. The maximum absolute atomic E-state index is 11.9. The van der Waals surface area contributed by atoms with E-state index in [-0.39, 0.29) is 5.91 Å². The average molecular weight is 311 g/mol. The standard InChI is InChI=1S/C15H17N7O/c1-10-3-4-12(17-9-10)18-15(23)7-8-16-13-5-6-14-20-19-11(2)22(14)21-13/h3-6,9H,7-8H2,1-2H3,(H,16,21)(H,17,18,23). The van der Waals surface area contributed by atoms with Crippen LogP contribution < -0.4 is 10.6 Å². The van der Waals surface area contributed by atoms with Crippen molar-refractivity contribution >= 4 is 23.2 Å². The fourth-order valence-corrected chi connectivity index (χ4v) is 2.04. The molecule has 0 saturated heterocycles. The summed E-state index contributed by atoms with van der Waals surface area (Å²) in [4.78, 5) is 16.0. The molecule has 3 rings (SSSR count). The SMILES string of the molecule is Cc1ccc(NC(=O)CCNc2ccc3nnc(C)n3n2)nc1. The molecular formula is C15H17N7O. The zero-order valence-electron chi connectivity index (χ0n) is 12.9. The minimum atomic E-state index is -0.101. The Bertz CT molecular complexity index is 825. The van der Waals surface area contributed by atoms with E-state index in [9.17, 15) is 4.79 Å². The molecule has 0 aliphatic carbocycles. The lowest BCUT2D eigenvalue weighted by atomic mass is 10.3. The summed E-state index contributed by atoms with van der Waals surface area (Å²) in [5, 5.41) is 18.1. The number of anilines is 2. The Morgan fingerprint density at radius 3 is 2.74 bits per heavy atom. The van der Waals surface area contributed by atoms with Crippen molar-refractivity contribution in [2.24, 2.45) is 0 Å². The molecule has 0 aliphatic rings. The molecule has 0 spiro atoms. The van der Waals surface area contributed by atoms with Crippen molar-refractivity contribution in [2.75, 3.05) is 17.2 Å². The molecule has 8 nitrogen and oxygen atoms in total. The number of aromatic nitrogens is 5. The lowest BCUT2D eigenvalue weighted by Crippen LogP contribution is -2.17. The molecule has 0 radical (unpaired) electrons. The summed E-state index contributed by atoms with van der Waals surface area (Å²) >= 11 is 0. The second-order valence-corrected chi connectivity index (χ2v) is 5.18. The first-order valence-electron chi connectivity index (χ1n) is 7.27. The molecule has 0 bridgehead atoms. The minimum absolute atomic E-state index is 0.101. The summed E-state index contributed by atoms with van der Waals surface area (Å²) in [6, 6.07) is 7.32. The topological polar surface area (TPSA) is 97.1 Å². The number of carbonyl (C=O) groups is 1. The summed E-state index contributed by atoms with van der Waals surface area (Å²) in [5.41, 5.74) is 1.74. The number of aryl methyl sites for hydroxylation is 2. The van der Waals surface area contributed by atoms with Gasteiger partial charge in [-0.1, -0.05) is 6.07 Å². The second-order valence-electron chi connectivity index (χ2n) is 5.18. The molecule has 0 fully saturated rings. The Balaban J connectivity index is 1.52. The van der Waals surface area contributed by atoms with Crippen molar-refractivity contribution in [3.8, 4) is 0 Å². The largest absolute Gasteiger partial charge is 0.368 e. The third-order valence-electron chi connectivity index (χ3n) is 3.26. The molecule has 3 aromatic rings. The highest BCUT2D eigenvalue weighted by atomic mass is 16.1. The van der Waals surface area contributed by atoms with Crippen molar-refractivity contribution in [1.82, 2.24) is 24.8 Å². The Morgan fingerprint density at radius 1 is 1.13 bits per heavy atom. The molecule has 2 N–H and O–H groups in total. The van der Waals surface area contributed by atoms with Crippen LogP contribution >= 0.6 is 0 Å². The normalized spacial score (nSPS) is 10.7. The molecule has 3 aromatic heterocycles. The van der Waals surface area contributed by atoms with Crippen LogP contribution in [0.5, 0.6) is 0 Å². The highest BCUT2D eigenvalue weighted by Gasteiger charge is 2.05. The molecule has 23 heavy (non-hydrogen) atoms. The van der Waals surface area contributed by atoms with E-state index in [1.54, 1.807) is 16.8 Å². The zero-order chi connectivity index (χ0) is 16.2. The van der Waals surface area contributed by atoms with E-state index >= 15 is 0 Å².